The second kappa shape index (κ2) is 2.81. The van der Waals surface area contributed by atoms with E-state index in [-0.39, 0.29) is 5.57 Å². The quantitative estimate of drug-likeness (QED) is 0.351. The highest BCUT2D eigenvalue weighted by molar-refractivity contribution is 5.93. The Hall–Kier alpha value is -0.870. The molecule has 0 rings (SSSR count). The molecule has 0 aliphatic rings. The molecule has 0 aliphatic heterocycles. The van der Waals surface area contributed by atoms with Crippen molar-refractivity contribution in [3.63, 3.8) is 0 Å². The van der Waals surface area contributed by atoms with Gasteiger partial charge < -0.3 is 17.2 Å². The fraction of sp³-hybridized carbons (Fsp3) is 0.500. The van der Waals surface area contributed by atoms with Crippen LogP contribution in [-0.2, 0) is 4.79 Å². The molecule has 0 spiro atoms. The molecule has 4 heteroatoms. The SMILES string of the molecule is C=C(C(N)=O)C(N)(N)CC. The standard InChI is InChI=1S/C6H13N3O/c1-3-6(8,9)4(2)5(7)10/h2-3,8-9H2,1H3,(H2,7,10). The highest BCUT2D eigenvalue weighted by Gasteiger charge is 2.23. The Morgan fingerprint density at radius 2 is 2.00 bits per heavy atom. The number of carbonyl (C=O) groups is 1. The average Bonchev–Trinajstić information content (AvgIpc) is 1.86. The van der Waals surface area contributed by atoms with Crippen LogP contribution in [0.3, 0.4) is 0 Å². The van der Waals surface area contributed by atoms with Gasteiger partial charge in [-0.25, -0.2) is 0 Å². The van der Waals surface area contributed by atoms with Gasteiger partial charge in [-0.2, -0.15) is 0 Å². The number of hydrogen-bond acceptors (Lipinski definition) is 3. The minimum absolute atomic E-state index is 0.0648. The van der Waals surface area contributed by atoms with Gasteiger partial charge in [0.05, 0.1) is 5.66 Å². The zero-order valence-corrected chi connectivity index (χ0v) is 6.05. The first kappa shape index (κ1) is 9.13. The number of carbonyl (C=O) groups excluding carboxylic acids is 1. The molecule has 0 atom stereocenters. The molecule has 0 saturated heterocycles. The molecule has 4 nitrogen and oxygen atoms in total. The molecule has 0 heterocycles. The first-order valence-corrected chi connectivity index (χ1v) is 2.98. The molecule has 0 bridgehead atoms. The maximum Gasteiger partial charge on any atom is 0.247 e. The second-order valence-corrected chi connectivity index (χ2v) is 2.24. The minimum Gasteiger partial charge on any atom is -0.366 e. The smallest absolute Gasteiger partial charge is 0.247 e. The fourth-order valence-electron chi connectivity index (χ4n) is 0.443. The number of nitrogens with two attached hydrogens (primary N) is 3. The zero-order chi connectivity index (χ0) is 8.36. The van der Waals surface area contributed by atoms with Gasteiger partial charge >= 0.3 is 0 Å². The van der Waals surface area contributed by atoms with Crippen LogP contribution in [0, 0.1) is 0 Å². The van der Waals surface area contributed by atoms with Crippen LogP contribution in [0.15, 0.2) is 12.2 Å². The summed E-state index contributed by atoms with van der Waals surface area (Å²) in [5, 5.41) is 0. The molecule has 0 radical (unpaired) electrons. The highest BCUT2D eigenvalue weighted by Crippen LogP contribution is 2.07. The molecular formula is C6H13N3O. The van der Waals surface area contributed by atoms with Crippen molar-refractivity contribution in [2.45, 2.75) is 19.0 Å². The summed E-state index contributed by atoms with van der Waals surface area (Å²) in [6.07, 6.45) is 0.439. The van der Waals surface area contributed by atoms with Crippen LogP contribution < -0.4 is 17.2 Å². The van der Waals surface area contributed by atoms with E-state index in [1.807, 2.05) is 0 Å². The third-order valence-corrected chi connectivity index (χ3v) is 1.44. The summed E-state index contributed by atoms with van der Waals surface area (Å²) in [6.45, 7) is 5.13. The van der Waals surface area contributed by atoms with Crippen molar-refractivity contribution >= 4 is 5.91 Å². The van der Waals surface area contributed by atoms with Crippen LogP contribution in [-0.4, -0.2) is 11.6 Å². The lowest BCUT2D eigenvalue weighted by molar-refractivity contribution is -0.115. The van der Waals surface area contributed by atoms with E-state index in [0.29, 0.717) is 6.42 Å². The molecular weight excluding hydrogens is 130 g/mol. The number of hydrogen-bond donors (Lipinski definition) is 3. The van der Waals surface area contributed by atoms with Crippen LogP contribution in [0.4, 0.5) is 0 Å². The molecule has 0 aliphatic carbocycles. The fourth-order valence-corrected chi connectivity index (χ4v) is 0.443. The molecule has 0 aromatic heterocycles. The van der Waals surface area contributed by atoms with E-state index in [4.69, 9.17) is 17.2 Å². The lowest BCUT2D eigenvalue weighted by atomic mass is 10.00. The lowest BCUT2D eigenvalue weighted by Gasteiger charge is -2.22. The number of primary amides is 1. The van der Waals surface area contributed by atoms with Gasteiger partial charge in [0, 0.05) is 5.57 Å². The third kappa shape index (κ3) is 1.82. The predicted molar refractivity (Wildman–Crippen MR) is 39.7 cm³/mol. The van der Waals surface area contributed by atoms with Crippen LogP contribution in [0.2, 0.25) is 0 Å². The summed E-state index contributed by atoms with van der Waals surface area (Å²) >= 11 is 0. The lowest BCUT2D eigenvalue weighted by Crippen LogP contribution is -2.53. The van der Waals surface area contributed by atoms with Crippen molar-refractivity contribution in [1.82, 2.24) is 0 Å². The van der Waals surface area contributed by atoms with Crippen molar-refractivity contribution in [1.29, 1.82) is 0 Å². The van der Waals surface area contributed by atoms with Crippen molar-refractivity contribution in [3.8, 4) is 0 Å². The van der Waals surface area contributed by atoms with Gasteiger partial charge in [0.2, 0.25) is 5.91 Å². The van der Waals surface area contributed by atoms with E-state index >= 15 is 0 Å². The van der Waals surface area contributed by atoms with Crippen LogP contribution in [0.25, 0.3) is 0 Å². The normalized spacial score (nSPS) is 11.1. The average molecular weight is 143 g/mol. The second-order valence-electron chi connectivity index (χ2n) is 2.24. The minimum atomic E-state index is -1.15. The Morgan fingerprint density at radius 1 is 1.60 bits per heavy atom. The van der Waals surface area contributed by atoms with E-state index in [1.54, 1.807) is 6.92 Å². The topological polar surface area (TPSA) is 95.1 Å². The van der Waals surface area contributed by atoms with Crippen LogP contribution in [0.1, 0.15) is 13.3 Å². The molecule has 0 aromatic rings. The largest absolute Gasteiger partial charge is 0.366 e. The van der Waals surface area contributed by atoms with E-state index in [1.165, 1.54) is 0 Å². The van der Waals surface area contributed by atoms with E-state index in [9.17, 15) is 4.79 Å². The van der Waals surface area contributed by atoms with E-state index in [0.717, 1.165) is 0 Å². The van der Waals surface area contributed by atoms with Gasteiger partial charge in [-0.1, -0.05) is 13.5 Å². The summed E-state index contributed by atoms with van der Waals surface area (Å²) in [5.74, 6) is -0.646. The molecule has 0 unspecified atom stereocenters. The third-order valence-electron chi connectivity index (χ3n) is 1.44. The summed E-state index contributed by atoms with van der Waals surface area (Å²) in [4.78, 5) is 10.5. The Morgan fingerprint density at radius 3 is 2.10 bits per heavy atom. The van der Waals surface area contributed by atoms with Gasteiger partial charge in [-0.15, -0.1) is 0 Å². The van der Waals surface area contributed by atoms with E-state index in [2.05, 4.69) is 6.58 Å². The maximum atomic E-state index is 10.5. The first-order valence-electron chi connectivity index (χ1n) is 2.98. The summed E-state index contributed by atoms with van der Waals surface area (Å²) < 4.78 is 0. The molecule has 58 valence electrons. The Kier molecular flexibility index (Phi) is 2.56. The number of amides is 1. The van der Waals surface area contributed by atoms with Crippen molar-refractivity contribution in [2.75, 3.05) is 0 Å². The van der Waals surface area contributed by atoms with Gasteiger partial charge in [0.15, 0.2) is 0 Å². The first-order chi connectivity index (χ1) is 4.41. The van der Waals surface area contributed by atoms with E-state index < -0.39 is 11.6 Å². The summed E-state index contributed by atoms with van der Waals surface area (Å²) in [7, 11) is 0. The number of rotatable bonds is 3. The maximum absolute atomic E-state index is 10.5. The monoisotopic (exact) mass is 143 g/mol. The predicted octanol–water partition coefficient (Wildman–Crippen LogP) is -0.948. The van der Waals surface area contributed by atoms with Gasteiger partial charge in [-0.05, 0) is 6.42 Å². The Bertz CT molecular complexity index is 162. The Labute approximate surface area is 60.1 Å². The molecule has 0 fully saturated rings. The van der Waals surface area contributed by atoms with Gasteiger partial charge in [0.1, 0.15) is 0 Å². The summed E-state index contributed by atoms with van der Waals surface area (Å²) in [5.41, 5.74) is 14.7. The van der Waals surface area contributed by atoms with Gasteiger partial charge in [-0.3, -0.25) is 4.79 Å². The van der Waals surface area contributed by atoms with Crippen LogP contribution >= 0.6 is 0 Å². The highest BCUT2D eigenvalue weighted by atomic mass is 16.1. The van der Waals surface area contributed by atoms with Crippen molar-refractivity contribution in [2.24, 2.45) is 17.2 Å². The van der Waals surface area contributed by atoms with Crippen LogP contribution in [0.5, 0.6) is 0 Å². The molecule has 0 aromatic carbocycles. The summed E-state index contributed by atoms with van der Waals surface area (Å²) in [6, 6.07) is 0. The molecule has 10 heavy (non-hydrogen) atoms. The molecule has 6 N–H and O–H groups in total. The molecule has 0 saturated carbocycles. The van der Waals surface area contributed by atoms with Crippen molar-refractivity contribution < 1.29 is 4.79 Å². The van der Waals surface area contributed by atoms with Crippen molar-refractivity contribution in [3.05, 3.63) is 12.2 Å². The zero-order valence-electron chi connectivity index (χ0n) is 6.05. The Balaban J connectivity index is 4.33. The molecule has 1 amide bonds. The van der Waals surface area contributed by atoms with Gasteiger partial charge in [0.25, 0.3) is 0 Å².